The molecule has 0 aromatic heterocycles. The molecule has 0 N–H and O–H groups in total. The topological polar surface area (TPSA) is 52.6 Å². The number of hydrogen-bond acceptors (Lipinski definition) is 4. The Morgan fingerprint density at radius 2 is 1.64 bits per heavy atom. The Morgan fingerprint density at radius 3 is 2.19 bits per heavy atom. The molecule has 0 amide bonds. The number of rotatable bonds is 9. The zero-order valence-corrected chi connectivity index (χ0v) is 22.8. The lowest BCUT2D eigenvalue weighted by molar-refractivity contribution is -0.136. The summed E-state index contributed by atoms with van der Waals surface area (Å²) in [5, 5.41) is 0. The monoisotopic (exact) mass is 488 g/mol. The van der Waals surface area contributed by atoms with E-state index in [4.69, 9.17) is 9.47 Å². The van der Waals surface area contributed by atoms with Crippen LogP contribution in [-0.4, -0.2) is 18.4 Å². The van der Waals surface area contributed by atoms with E-state index in [2.05, 4.69) is 40.7 Å². The second kappa shape index (κ2) is 11.7. The van der Waals surface area contributed by atoms with Gasteiger partial charge in [0.25, 0.3) is 0 Å². The van der Waals surface area contributed by atoms with Gasteiger partial charge in [0.05, 0.1) is 0 Å². The van der Waals surface area contributed by atoms with Crippen LogP contribution in [-0.2, 0) is 9.59 Å². The van der Waals surface area contributed by atoms with Crippen molar-refractivity contribution in [3.63, 3.8) is 0 Å². The number of hydrogen-bond donors (Lipinski definition) is 0. The minimum Gasteiger partial charge on any atom is -0.482 e. The first kappa shape index (κ1) is 27.4. The van der Waals surface area contributed by atoms with E-state index in [0.717, 1.165) is 36.0 Å². The summed E-state index contributed by atoms with van der Waals surface area (Å²) in [6, 6.07) is 13.4. The molecule has 36 heavy (non-hydrogen) atoms. The molecule has 0 radical (unpaired) electrons. The predicted molar refractivity (Wildman–Crippen MR) is 146 cm³/mol. The van der Waals surface area contributed by atoms with Gasteiger partial charge in [0.15, 0.2) is 12.4 Å². The molecule has 4 nitrogen and oxygen atoms in total. The molecule has 1 aliphatic rings. The van der Waals surface area contributed by atoms with Crippen LogP contribution in [0.25, 0.3) is 5.57 Å². The van der Waals surface area contributed by atoms with Crippen molar-refractivity contribution in [1.29, 1.82) is 0 Å². The maximum atomic E-state index is 12.4. The normalized spacial score (nSPS) is 15.0. The molecule has 0 heterocycles. The standard InChI is InChI=1S/C32H40O4/c1-21(2)17-29(32(5,6)7)24-12-15-26(16-13-24)36-31(34)20-35-27-14-11-22(3)28(19-27)23(4)18-30(33)25-9-8-10-25/h11-19,25,29H,8-10,20H2,1-7H3/b23-18-. The van der Waals surface area contributed by atoms with Crippen molar-refractivity contribution >= 4 is 17.3 Å². The molecule has 4 heteroatoms. The van der Waals surface area contributed by atoms with Gasteiger partial charge in [-0.3, -0.25) is 4.79 Å². The Balaban J connectivity index is 1.61. The number of aryl methyl sites for hydroxylation is 1. The Labute approximate surface area is 216 Å². The fraction of sp³-hybridized carbons (Fsp3) is 0.438. The van der Waals surface area contributed by atoms with Gasteiger partial charge >= 0.3 is 5.97 Å². The molecule has 2 aromatic rings. The highest BCUT2D eigenvalue weighted by molar-refractivity contribution is 5.98. The molecule has 0 aliphatic heterocycles. The average Bonchev–Trinajstić information content (AvgIpc) is 2.75. The van der Waals surface area contributed by atoms with Crippen LogP contribution >= 0.6 is 0 Å². The minimum absolute atomic E-state index is 0.0776. The summed E-state index contributed by atoms with van der Waals surface area (Å²) in [7, 11) is 0. The van der Waals surface area contributed by atoms with Crippen LogP contribution in [0.4, 0.5) is 0 Å². The zero-order chi connectivity index (χ0) is 26.5. The number of ketones is 1. The van der Waals surface area contributed by atoms with Gasteiger partial charge in [-0.15, -0.1) is 0 Å². The molecule has 2 aromatic carbocycles. The predicted octanol–water partition coefficient (Wildman–Crippen LogP) is 7.85. The number of carbonyl (C=O) groups excluding carboxylic acids is 2. The van der Waals surface area contributed by atoms with Crippen LogP contribution in [0.1, 0.15) is 83.4 Å². The third kappa shape index (κ3) is 7.43. The molecule has 1 atom stereocenters. The van der Waals surface area contributed by atoms with Gasteiger partial charge < -0.3 is 9.47 Å². The van der Waals surface area contributed by atoms with E-state index < -0.39 is 5.97 Å². The minimum atomic E-state index is -0.464. The van der Waals surface area contributed by atoms with Crippen LogP contribution < -0.4 is 9.47 Å². The largest absolute Gasteiger partial charge is 0.482 e. The molecule has 1 unspecified atom stereocenters. The lowest BCUT2D eigenvalue weighted by Crippen LogP contribution is -2.20. The van der Waals surface area contributed by atoms with Gasteiger partial charge in [0, 0.05) is 11.8 Å². The fourth-order valence-corrected chi connectivity index (χ4v) is 4.44. The van der Waals surface area contributed by atoms with Gasteiger partial charge in [0.1, 0.15) is 11.5 Å². The summed E-state index contributed by atoms with van der Waals surface area (Å²) in [6.07, 6.45) is 7.14. The number of benzene rings is 2. The molecule has 1 saturated carbocycles. The van der Waals surface area contributed by atoms with Crippen molar-refractivity contribution in [2.45, 2.75) is 73.6 Å². The number of ether oxygens (including phenoxy) is 2. The molecule has 1 fully saturated rings. The third-order valence-corrected chi connectivity index (χ3v) is 6.76. The number of carbonyl (C=O) groups is 2. The SMILES string of the molecule is CC(C)=CC(c1ccc(OC(=O)COc2ccc(C)c(/C(C)=C\C(=O)C3CCC3)c2)cc1)C(C)(C)C. The number of esters is 1. The molecule has 0 spiro atoms. The quantitative estimate of drug-likeness (QED) is 0.156. The van der Waals surface area contributed by atoms with E-state index in [1.807, 2.05) is 56.3 Å². The summed E-state index contributed by atoms with van der Waals surface area (Å²) in [5.41, 5.74) is 5.47. The molecular weight excluding hydrogens is 448 g/mol. The Morgan fingerprint density at radius 1 is 1.00 bits per heavy atom. The van der Waals surface area contributed by atoms with Crippen LogP contribution in [0.3, 0.4) is 0 Å². The van der Waals surface area contributed by atoms with Crippen LogP contribution in [0.2, 0.25) is 0 Å². The second-order valence-corrected chi connectivity index (χ2v) is 11.3. The Bertz CT molecular complexity index is 1140. The van der Waals surface area contributed by atoms with Gasteiger partial charge in [0.2, 0.25) is 0 Å². The van der Waals surface area contributed by atoms with Crippen molar-refractivity contribution in [3.05, 3.63) is 76.9 Å². The first-order valence-corrected chi connectivity index (χ1v) is 12.9. The lowest BCUT2D eigenvalue weighted by Gasteiger charge is -2.29. The van der Waals surface area contributed by atoms with E-state index >= 15 is 0 Å². The third-order valence-electron chi connectivity index (χ3n) is 6.76. The summed E-state index contributed by atoms with van der Waals surface area (Å²) in [6.45, 7) is 14.6. The Kier molecular flexibility index (Phi) is 8.94. The molecule has 0 saturated heterocycles. The van der Waals surface area contributed by atoms with Gasteiger partial charge in [-0.05, 0) is 98.6 Å². The second-order valence-electron chi connectivity index (χ2n) is 11.3. The first-order chi connectivity index (χ1) is 16.9. The molecular formula is C32H40O4. The van der Waals surface area contributed by atoms with E-state index in [1.165, 1.54) is 11.1 Å². The van der Waals surface area contributed by atoms with Crippen LogP contribution in [0.5, 0.6) is 11.5 Å². The van der Waals surface area contributed by atoms with Crippen molar-refractivity contribution < 1.29 is 19.1 Å². The van der Waals surface area contributed by atoms with E-state index in [9.17, 15) is 9.59 Å². The highest BCUT2D eigenvalue weighted by Crippen LogP contribution is 2.37. The summed E-state index contributed by atoms with van der Waals surface area (Å²) in [5.74, 6) is 1.25. The van der Waals surface area contributed by atoms with Crippen molar-refractivity contribution in [3.8, 4) is 11.5 Å². The maximum absolute atomic E-state index is 12.4. The zero-order valence-electron chi connectivity index (χ0n) is 22.8. The molecule has 1 aliphatic carbocycles. The van der Waals surface area contributed by atoms with Crippen molar-refractivity contribution in [2.75, 3.05) is 6.61 Å². The van der Waals surface area contributed by atoms with E-state index in [-0.39, 0.29) is 29.6 Å². The van der Waals surface area contributed by atoms with Crippen molar-refractivity contribution in [1.82, 2.24) is 0 Å². The van der Waals surface area contributed by atoms with E-state index in [1.54, 1.807) is 6.08 Å². The summed E-state index contributed by atoms with van der Waals surface area (Å²) >= 11 is 0. The number of allylic oxidation sites excluding steroid dienone is 4. The van der Waals surface area contributed by atoms with Gasteiger partial charge in [-0.2, -0.15) is 0 Å². The Hall–Kier alpha value is -3.14. The van der Waals surface area contributed by atoms with Crippen LogP contribution in [0.15, 0.2) is 60.2 Å². The average molecular weight is 489 g/mol. The lowest BCUT2D eigenvalue weighted by atomic mass is 9.76. The van der Waals surface area contributed by atoms with Crippen molar-refractivity contribution in [2.24, 2.45) is 11.3 Å². The molecule has 192 valence electrons. The fourth-order valence-electron chi connectivity index (χ4n) is 4.44. The maximum Gasteiger partial charge on any atom is 0.349 e. The molecule has 3 rings (SSSR count). The summed E-state index contributed by atoms with van der Waals surface area (Å²) in [4.78, 5) is 24.8. The first-order valence-electron chi connectivity index (χ1n) is 12.9. The van der Waals surface area contributed by atoms with E-state index in [0.29, 0.717) is 11.5 Å². The van der Waals surface area contributed by atoms with Gasteiger partial charge in [-0.25, -0.2) is 4.79 Å². The highest BCUT2D eigenvalue weighted by Gasteiger charge is 2.25. The highest BCUT2D eigenvalue weighted by atomic mass is 16.6. The van der Waals surface area contributed by atoms with Gasteiger partial charge in [-0.1, -0.05) is 57.0 Å². The molecule has 0 bridgehead atoms. The van der Waals surface area contributed by atoms with Crippen LogP contribution in [0, 0.1) is 18.3 Å². The smallest absolute Gasteiger partial charge is 0.349 e. The summed E-state index contributed by atoms with van der Waals surface area (Å²) < 4.78 is 11.2.